The predicted octanol–water partition coefficient (Wildman–Crippen LogP) is 2.45. The lowest BCUT2D eigenvalue weighted by Gasteiger charge is -2.26. The number of nitrogens with one attached hydrogen (secondary N) is 2. The maximum absolute atomic E-state index is 12.0. The van der Waals surface area contributed by atoms with E-state index in [2.05, 4.69) is 15.5 Å². The molecule has 124 valence electrons. The molecule has 1 aliphatic rings. The first-order valence-corrected chi connectivity index (χ1v) is 7.95. The first-order chi connectivity index (χ1) is 10.1. The zero-order valence-electron chi connectivity index (χ0n) is 13.0. The van der Waals surface area contributed by atoms with Crippen LogP contribution in [0.15, 0.2) is 24.3 Å². The third kappa shape index (κ3) is 6.53. The molecule has 0 bridgehead atoms. The van der Waals surface area contributed by atoms with E-state index in [0.29, 0.717) is 24.2 Å². The van der Waals surface area contributed by atoms with Crippen LogP contribution in [-0.2, 0) is 11.3 Å². The average Bonchev–Trinajstić information content (AvgIpc) is 2.76. The van der Waals surface area contributed by atoms with Gasteiger partial charge in [-0.25, -0.2) is 0 Å². The van der Waals surface area contributed by atoms with E-state index in [1.165, 1.54) is 6.42 Å². The Labute approximate surface area is 144 Å². The number of hydrogen-bond donors (Lipinski definition) is 2. The number of nitrogens with zero attached hydrogens (tertiary/aromatic N) is 1. The van der Waals surface area contributed by atoms with Crippen LogP contribution < -0.4 is 10.6 Å². The SMILES string of the molecule is CN(CC(=O)NCc1ccc(Cl)cc1)C1CCCNCC1.Cl. The van der Waals surface area contributed by atoms with Gasteiger partial charge in [0.25, 0.3) is 0 Å². The van der Waals surface area contributed by atoms with Crippen LogP contribution in [0, 0.1) is 0 Å². The molecule has 1 heterocycles. The molecule has 1 aromatic rings. The summed E-state index contributed by atoms with van der Waals surface area (Å²) < 4.78 is 0. The predicted molar refractivity (Wildman–Crippen MR) is 93.7 cm³/mol. The highest BCUT2D eigenvalue weighted by atomic mass is 35.5. The van der Waals surface area contributed by atoms with E-state index in [1.807, 2.05) is 31.3 Å². The standard InChI is InChI=1S/C16H24ClN3O.ClH/c1-20(15-3-2-9-18-10-8-15)12-16(21)19-11-13-4-6-14(17)7-5-13;/h4-7,15,18H,2-3,8-12H2,1H3,(H,19,21);1H. The lowest BCUT2D eigenvalue weighted by atomic mass is 10.1. The summed E-state index contributed by atoms with van der Waals surface area (Å²) >= 11 is 5.84. The Bertz CT molecular complexity index is 445. The van der Waals surface area contributed by atoms with Crippen molar-refractivity contribution in [2.24, 2.45) is 0 Å². The van der Waals surface area contributed by atoms with Gasteiger partial charge in [-0.3, -0.25) is 9.69 Å². The monoisotopic (exact) mass is 345 g/mol. The number of hydrogen-bond acceptors (Lipinski definition) is 3. The fourth-order valence-electron chi connectivity index (χ4n) is 2.66. The van der Waals surface area contributed by atoms with Gasteiger partial charge in [-0.05, 0) is 57.1 Å². The molecule has 1 unspecified atom stereocenters. The summed E-state index contributed by atoms with van der Waals surface area (Å²) in [4.78, 5) is 14.2. The van der Waals surface area contributed by atoms with Crippen LogP contribution in [0.4, 0.5) is 0 Å². The zero-order chi connectivity index (χ0) is 15.1. The van der Waals surface area contributed by atoms with E-state index < -0.39 is 0 Å². The van der Waals surface area contributed by atoms with E-state index in [-0.39, 0.29) is 18.3 Å². The van der Waals surface area contributed by atoms with Crippen LogP contribution in [0.25, 0.3) is 0 Å². The Morgan fingerprint density at radius 2 is 2.05 bits per heavy atom. The number of likely N-dealkylation sites (N-methyl/N-ethyl adjacent to an activating group) is 1. The highest BCUT2D eigenvalue weighted by molar-refractivity contribution is 6.30. The van der Waals surface area contributed by atoms with E-state index in [9.17, 15) is 4.79 Å². The number of carbonyl (C=O) groups excluding carboxylic acids is 1. The van der Waals surface area contributed by atoms with Gasteiger partial charge in [0.2, 0.25) is 5.91 Å². The minimum Gasteiger partial charge on any atom is -0.351 e. The highest BCUT2D eigenvalue weighted by Gasteiger charge is 2.18. The molecule has 6 heteroatoms. The van der Waals surface area contributed by atoms with Gasteiger partial charge in [-0.2, -0.15) is 0 Å². The second-order valence-corrected chi connectivity index (χ2v) is 6.09. The van der Waals surface area contributed by atoms with Crippen molar-refractivity contribution in [1.29, 1.82) is 0 Å². The Balaban J connectivity index is 0.00000242. The van der Waals surface area contributed by atoms with Crippen molar-refractivity contribution in [2.75, 3.05) is 26.7 Å². The van der Waals surface area contributed by atoms with Crippen molar-refractivity contribution < 1.29 is 4.79 Å². The molecule has 0 saturated carbocycles. The number of amides is 1. The number of carbonyl (C=O) groups is 1. The highest BCUT2D eigenvalue weighted by Crippen LogP contribution is 2.11. The van der Waals surface area contributed by atoms with Crippen LogP contribution in [0.1, 0.15) is 24.8 Å². The first kappa shape index (κ1) is 19.2. The van der Waals surface area contributed by atoms with Crippen molar-refractivity contribution in [2.45, 2.75) is 31.8 Å². The average molecular weight is 346 g/mol. The van der Waals surface area contributed by atoms with Gasteiger partial charge in [-0.15, -0.1) is 12.4 Å². The molecule has 1 aliphatic heterocycles. The summed E-state index contributed by atoms with van der Waals surface area (Å²) in [7, 11) is 2.04. The number of benzene rings is 1. The fourth-order valence-corrected chi connectivity index (χ4v) is 2.78. The molecule has 1 saturated heterocycles. The van der Waals surface area contributed by atoms with Gasteiger partial charge in [0.15, 0.2) is 0 Å². The van der Waals surface area contributed by atoms with E-state index >= 15 is 0 Å². The maximum Gasteiger partial charge on any atom is 0.234 e. The zero-order valence-corrected chi connectivity index (χ0v) is 14.6. The fraction of sp³-hybridized carbons (Fsp3) is 0.562. The minimum atomic E-state index is 0. The third-order valence-corrected chi connectivity index (χ3v) is 4.22. The van der Waals surface area contributed by atoms with Crippen molar-refractivity contribution in [3.8, 4) is 0 Å². The Hall–Kier alpha value is -0.810. The Kier molecular flexibility index (Phi) is 8.79. The quantitative estimate of drug-likeness (QED) is 0.861. The molecule has 0 radical (unpaired) electrons. The molecule has 0 aliphatic carbocycles. The molecule has 4 nitrogen and oxygen atoms in total. The summed E-state index contributed by atoms with van der Waals surface area (Å²) in [5.74, 6) is 0.0738. The molecule has 1 amide bonds. The molecule has 2 N–H and O–H groups in total. The van der Waals surface area contributed by atoms with Gasteiger partial charge >= 0.3 is 0 Å². The van der Waals surface area contributed by atoms with Crippen LogP contribution >= 0.6 is 24.0 Å². The molecule has 0 aromatic heterocycles. The van der Waals surface area contributed by atoms with Crippen molar-refractivity contribution in [3.05, 3.63) is 34.9 Å². The van der Waals surface area contributed by atoms with Crippen molar-refractivity contribution >= 4 is 29.9 Å². The summed E-state index contributed by atoms with van der Waals surface area (Å²) in [6, 6.07) is 8.05. The molecular weight excluding hydrogens is 321 g/mol. The second-order valence-electron chi connectivity index (χ2n) is 5.65. The molecule has 1 atom stereocenters. The molecular formula is C16H25Cl2N3O. The Morgan fingerprint density at radius 1 is 1.32 bits per heavy atom. The normalized spacial score (nSPS) is 18.4. The first-order valence-electron chi connectivity index (χ1n) is 7.57. The van der Waals surface area contributed by atoms with E-state index in [0.717, 1.165) is 31.5 Å². The lowest BCUT2D eigenvalue weighted by molar-refractivity contribution is -0.122. The van der Waals surface area contributed by atoms with Gasteiger partial charge in [0, 0.05) is 17.6 Å². The van der Waals surface area contributed by atoms with E-state index in [1.54, 1.807) is 0 Å². The second kappa shape index (κ2) is 10.1. The molecule has 2 rings (SSSR count). The van der Waals surface area contributed by atoms with Crippen molar-refractivity contribution in [1.82, 2.24) is 15.5 Å². The van der Waals surface area contributed by atoms with Gasteiger partial charge < -0.3 is 10.6 Å². The molecule has 0 spiro atoms. The molecule has 1 aromatic carbocycles. The topological polar surface area (TPSA) is 44.4 Å². The smallest absolute Gasteiger partial charge is 0.234 e. The van der Waals surface area contributed by atoms with Crippen LogP contribution in [0.2, 0.25) is 5.02 Å². The Morgan fingerprint density at radius 3 is 2.77 bits per heavy atom. The summed E-state index contributed by atoms with van der Waals surface area (Å²) in [6.45, 7) is 3.14. The van der Waals surface area contributed by atoms with Crippen LogP contribution in [0.3, 0.4) is 0 Å². The van der Waals surface area contributed by atoms with Gasteiger partial charge in [0.05, 0.1) is 6.54 Å². The summed E-state index contributed by atoms with van der Waals surface area (Å²) in [6.07, 6.45) is 3.45. The van der Waals surface area contributed by atoms with Gasteiger partial charge in [-0.1, -0.05) is 23.7 Å². The van der Waals surface area contributed by atoms with Gasteiger partial charge in [0.1, 0.15) is 0 Å². The van der Waals surface area contributed by atoms with Crippen LogP contribution in [0.5, 0.6) is 0 Å². The van der Waals surface area contributed by atoms with E-state index in [4.69, 9.17) is 11.6 Å². The number of rotatable bonds is 5. The molecule has 22 heavy (non-hydrogen) atoms. The molecule has 1 fully saturated rings. The minimum absolute atomic E-state index is 0. The summed E-state index contributed by atoms with van der Waals surface area (Å²) in [5.41, 5.74) is 1.06. The summed E-state index contributed by atoms with van der Waals surface area (Å²) in [5, 5.41) is 7.08. The van der Waals surface area contributed by atoms with Crippen LogP contribution in [-0.4, -0.2) is 43.5 Å². The lowest BCUT2D eigenvalue weighted by Crippen LogP contribution is -2.40. The maximum atomic E-state index is 12.0. The number of halogens is 2. The van der Waals surface area contributed by atoms with Crippen molar-refractivity contribution in [3.63, 3.8) is 0 Å². The third-order valence-electron chi connectivity index (χ3n) is 3.96. The largest absolute Gasteiger partial charge is 0.351 e.